The molecule has 1 saturated heterocycles. The average Bonchev–Trinajstić information content (AvgIpc) is 3.12. The second kappa shape index (κ2) is 10.6. The topological polar surface area (TPSA) is 78.6 Å². The van der Waals surface area contributed by atoms with E-state index in [0.717, 1.165) is 43.5 Å². The Morgan fingerprint density at radius 2 is 2.24 bits per heavy atom. The fourth-order valence-corrected chi connectivity index (χ4v) is 4.23. The van der Waals surface area contributed by atoms with Crippen molar-refractivity contribution in [2.45, 2.75) is 38.6 Å². The van der Waals surface area contributed by atoms with E-state index in [0.29, 0.717) is 23.7 Å². The molecule has 29 heavy (non-hydrogen) atoms. The van der Waals surface area contributed by atoms with Crippen molar-refractivity contribution in [3.8, 4) is 0 Å². The van der Waals surface area contributed by atoms with Gasteiger partial charge in [0.1, 0.15) is 0 Å². The van der Waals surface area contributed by atoms with E-state index in [4.69, 9.17) is 16.1 Å². The minimum Gasteiger partial charge on any atom is -0.356 e. The van der Waals surface area contributed by atoms with Crippen LogP contribution in [-0.4, -0.2) is 54.7 Å². The zero-order chi connectivity index (χ0) is 20.6. The van der Waals surface area contributed by atoms with Crippen molar-refractivity contribution in [3.63, 3.8) is 0 Å². The maximum Gasteiger partial charge on any atom is 0.226 e. The molecule has 0 spiro atoms. The highest BCUT2D eigenvalue weighted by atomic mass is 35.5. The van der Waals surface area contributed by atoms with Crippen LogP contribution < -0.4 is 10.6 Å². The fraction of sp³-hybridized carbons (Fsp3) is 0.571. The predicted octanol–water partition coefficient (Wildman–Crippen LogP) is 3.21. The van der Waals surface area contributed by atoms with Crippen LogP contribution in [0.1, 0.15) is 42.6 Å². The maximum absolute atomic E-state index is 6.25. The summed E-state index contributed by atoms with van der Waals surface area (Å²) in [7, 11) is 4.00. The van der Waals surface area contributed by atoms with Crippen LogP contribution in [0.3, 0.4) is 0 Å². The van der Waals surface area contributed by atoms with Gasteiger partial charge in [-0.15, -0.1) is 0 Å². The minimum atomic E-state index is 0.355. The zero-order valence-electron chi connectivity index (χ0n) is 17.5. The number of aromatic nitrogens is 2. The smallest absolute Gasteiger partial charge is 0.226 e. The highest BCUT2D eigenvalue weighted by Crippen LogP contribution is 2.35. The van der Waals surface area contributed by atoms with Crippen molar-refractivity contribution in [1.29, 1.82) is 0 Å². The monoisotopic (exact) mass is 418 g/mol. The van der Waals surface area contributed by atoms with E-state index in [2.05, 4.69) is 49.8 Å². The van der Waals surface area contributed by atoms with Gasteiger partial charge in [-0.2, -0.15) is 4.98 Å². The molecule has 2 atom stereocenters. The highest BCUT2D eigenvalue weighted by Gasteiger charge is 2.30. The largest absolute Gasteiger partial charge is 0.356 e. The molecule has 1 aliphatic rings. The minimum absolute atomic E-state index is 0.355. The third-order valence-electron chi connectivity index (χ3n) is 5.38. The molecule has 0 bridgehead atoms. The number of benzene rings is 1. The molecule has 2 aromatic rings. The van der Waals surface area contributed by atoms with Crippen molar-refractivity contribution in [3.05, 3.63) is 46.6 Å². The Balaban J connectivity index is 1.50. The lowest BCUT2D eigenvalue weighted by molar-refractivity contribution is 0.122. The molecule has 1 aromatic carbocycles. The Labute approximate surface area is 177 Å². The lowest BCUT2D eigenvalue weighted by Crippen LogP contribution is -2.45. The molecular weight excluding hydrogens is 388 g/mol. The molecule has 1 fully saturated rings. The lowest BCUT2D eigenvalue weighted by Gasteiger charge is -2.40. The molecule has 2 heterocycles. The molecule has 0 aliphatic carbocycles. The van der Waals surface area contributed by atoms with Crippen LogP contribution in [0, 0.1) is 12.8 Å². The Morgan fingerprint density at radius 1 is 1.38 bits per heavy atom. The molecular formula is C21H31ClN6O. The number of hydrogen-bond acceptors (Lipinski definition) is 5. The summed E-state index contributed by atoms with van der Waals surface area (Å²) in [6, 6.07) is 8.60. The molecule has 8 heteroatoms. The first kappa shape index (κ1) is 21.6. The van der Waals surface area contributed by atoms with E-state index >= 15 is 0 Å². The summed E-state index contributed by atoms with van der Waals surface area (Å²) in [4.78, 5) is 11.0. The van der Waals surface area contributed by atoms with Gasteiger partial charge in [0.05, 0.1) is 0 Å². The second-order valence-corrected chi connectivity index (χ2v) is 8.04. The number of guanidine groups is 1. The van der Waals surface area contributed by atoms with E-state index in [1.165, 1.54) is 18.4 Å². The first-order valence-electron chi connectivity index (χ1n) is 10.3. The van der Waals surface area contributed by atoms with E-state index in [1.54, 1.807) is 7.05 Å². The Morgan fingerprint density at radius 3 is 2.97 bits per heavy atom. The predicted molar refractivity (Wildman–Crippen MR) is 116 cm³/mol. The number of aryl methyl sites for hydroxylation is 2. The van der Waals surface area contributed by atoms with Crippen LogP contribution in [-0.2, 0) is 6.42 Å². The summed E-state index contributed by atoms with van der Waals surface area (Å²) in [5.41, 5.74) is 1.28. The summed E-state index contributed by atoms with van der Waals surface area (Å²) in [5, 5.41) is 11.5. The number of likely N-dealkylation sites (tertiary alicyclic amines) is 1. The Kier molecular flexibility index (Phi) is 7.89. The molecule has 1 aliphatic heterocycles. The zero-order valence-corrected chi connectivity index (χ0v) is 18.2. The number of rotatable bonds is 7. The van der Waals surface area contributed by atoms with E-state index in [1.807, 2.05) is 19.1 Å². The molecule has 2 unspecified atom stereocenters. The summed E-state index contributed by atoms with van der Waals surface area (Å²) < 4.78 is 5.15. The van der Waals surface area contributed by atoms with Gasteiger partial charge in [0.15, 0.2) is 11.8 Å². The standard InChI is InChI=1S/C21H31ClN6O/c1-15-26-19(29-27-15)10-5-11-24-21(23-2)25-14-17-8-6-12-28(3)20(17)16-7-4-9-18(22)13-16/h4,7,9,13,17,20H,5-6,8,10-12,14H2,1-3H3,(H2,23,24,25). The van der Waals surface area contributed by atoms with Crippen molar-refractivity contribution in [1.82, 2.24) is 25.7 Å². The molecule has 0 radical (unpaired) electrons. The lowest BCUT2D eigenvalue weighted by atomic mass is 9.85. The van der Waals surface area contributed by atoms with E-state index < -0.39 is 0 Å². The van der Waals surface area contributed by atoms with Crippen molar-refractivity contribution in [2.24, 2.45) is 10.9 Å². The van der Waals surface area contributed by atoms with Crippen molar-refractivity contribution < 1.29 is 4.52 Å². The molecule has 3 rings (SSSR count). The summed E-state index contributed by atoms with van der Waals surface area (Å²) in [5.74, 6) is 2.68. The first-order valence-corrected chi connectivity index (χ1v) is 10.6. The quantitative estimate of drug-likeness (QED) is 0.408. The van der Waals surface area contributed by atoms with Gasteiger partial charge in [0.2, 0.25) is 5.89 Å². The summed E-state index contributed by atoms with van der Waals surface area (Å²) >= 11 is 6.25. The average molecular weight is 419 g/mol. The summed E-state index contributed by atoms with van der Waals surface area (Å²) in [6.07, 6.45) is 4.05. The number of halogens is 1. The van der Waals surface area contributed by atoms with Gasteiger partial charge in [-0.3, -0.25) is 9.89 Å². The number of hydrogen-bond donors (Lipinski definition) is 2. The van der Waals surface area contributed by atoms with Gasteiger partial charge in [0.25, 0.3) is 0 Å². The molecule has 1 aromatic heterocycles. The van der Waals surface area contributed by atoms with E-state index in [-0.39, 0.29) is 0 Å². The fourth-order valence-electron chi connectivity index (χ4n) is 4.03. The van der Waals surface area contributed by atoms with Crippen LogP contribution in [0.25, 0.3) is 0 Å². The normalized spacial score (nSPS) is 20.6. The highest BCUT2D eigenvalue weighted by molar-refractivity contribution is 6.30. The van der Waals surface area contributed by atoms with Crippen molar-refractivity contribution in [2.75, 3.05) is 33.7 Å². The van der Waals surface area contributed by atoms with Gasteiger partial charge in [-0.25, -0.2) is 0 Å². The van der Waals surface area contributed by atoms with Crippen LogP contribution in [0.5, 0.6) is 0 Å². The molecule has 0 amide bonds. The number of aliphatic imine (C=N–C) groups is 1. The van der Waals surface area contributed by atoms with Gasteiger partial charge >= 0.3 is 0 Å². The number of nitrogens with zero attached hydrogens (tertiary/aromatic N) is 4. The summed E-state index contributed by atoms with van der Waals surface area (Å²) in [6.45, 7) is 4.60. The van der Waals surface area contributed by atoms with E-state index in [9.17, 15) is 0 Å². The number of nitrogens with one attached hydrogen (secondary N) is 2. The van der Waals surface area contributed by atoms with Gasteiger partial charge in [0, 0.05) is 37.6 Å². The molecule has 0 saturated carbocycles. The van der Waals surface area contributed by atoms with Gasteiger partial charge < -0.3 is 15.2 Å². The maximum atomic E-state index is 6.25. The molecule has 2 N–H and O–H groups in total. The van der Waals surface area contributed by atoms with Crippen LogP contribution >= 0.6 is 11.6 Å². The molecule has 158 valence electrons. The third kappa shape index (κ3) is 6.18. The van der Waals surface area contributed by atoms with Gasteiger partial charge in [-0.05, 0) is 63.4 Å². The number of piperidine rings is 1. The second-order valence-electron chi connectivity index (χ2n) is 7.60. The van der Waals surface area contributed by atoms with Gasteiger partial charge in [-0.1, -0.05) is 28.9 Å². The van der Waals surface area contributed by atoms with Crippen LogP contribution in [0.2, 0.25) is 5.02 Å². The SMILES string of the molecule is CN=C(NCCCc1nc(C)no1)NCC1CCCN(C)C1c1cccc(Cl)c1. The Hall–Kier alpha value is -2.12. The third-order valence-corrected chi connectivity index (χ3v) is 5.62. The van der Waals surface area contributed by atoms with Crippen LogP contribution in [0.4, 0.5) is 0 Å². The Bertz CT molecular complexity index is 808. The van der Waals surface area contributed by atoms with Crippen molar-refractivity contribution >= 4 is 17.6 Å². The first-order chi connectivity index (χ1) is 14.1. The van der Waals surface area contributed by atoms with Crippen LogP contribution in [0.15, 0.2) is 33.8 Å². The molecule has 7 nitrogen and oxygen atoms in total.